The number of hydrogen-bond acceptors (Lipinski definition) is 2. The molecule has 124 valence electrons. The van der Waals surface area contributed by atoms with Crippen LogP contribution in [0.5, 0.6) is 0 Å². The van der Waals surface area contributed by atoms with Gasteiger partial charge in [-0.3, -0.25) is 9.48 Å². The average molecular weight is 347 g/mol. The highest BCUT2D eigenvalue weighted by molar-refractivity contribution is 6.30. The van der Waals surface area contributed by atoms with Crippen molar-refractivity contribution in [3.63, 3.8) is 0 Å². The molecule has 0 aliphatic heterocycles. The van der Waals surface area contributed by atoms with E-state index in [4.69, 9.17) is 16.7 Å². The van der Waals surface area contributed by atoms with Gasteiger partial charge in [0.15, 0.2) is 0 Å². The normalized spacial score (nSPS) is 11.1. The largest absolute Gasteiger partial charge is 0.481 e. The lowest BCUT2D eigenvalue weighted by Crippen LogP contribution is -2.06. The van der Waals surface area contributed by atoms with Crippen LogP contribution in [0.4, 0.5) is 4.39 Å². The molecule has 0 bridgehead atoms. The van der Waals surface area contributed by atoms with E-state index in [0.717, 1.165) is 22.0 Å². The first-order chi connectivity index (χ1) is 11.5. The molecule has 0 aliphatic rings. The Morgan fingerprint density at radius 3 is 2.75 bits per heavy atom. The number of carboxylic acids is 1. The van der Waals surface area contributed by atoms with Crippen LogP contribution in [0.3, 0.4) is 0 Å². The van der Waals surface area contributed by atoms with Crippen molar-refractivity contribution in [1.29, 1.82) is 0 Å². The maximum Gasteiger partial charge on any atom is 0.309 e. The zero-order chi connectivity index (χ0) is 17.3. The number of nitrogens with zero attached hydrogens (tertiary/aromatic N) is 2. The van der Waals surface area contributed by atoms with E-state index in [1.54, 1.807) is 28.9 Å². The van der Waals surface area contributed by atoms with Crippen LogP contribution in [-0.4, -0.2) is 20.9 Å². The van der Waals surface area contributed by atoms with Crippen molar-refractivity contribution >= 4 is 28.5 Å². The first kappa shape index (κ1) is 16.5. The summed E-state index contributed by atoms with van der Waals surface area (Å²) < 4.78 is 14.7. The molecule has 0 amide bonds. The average Bonchev–Trinajstić information content (AvgIpc) is 2.86. The Kier molecular flexibility index (Phi) is 4.53. The van der Waals surface area contributed by atoms with Crippen LogP contribution in [0.1, 0.15) is 22.4 Å². The third kappa shape index (κ3) is 3.26. The number of aliphatic carboxylic acids is 1. The van der Waals surface area contributed by atoms with Crippen molar-refractivity contribution in [2.75, 3.05) is 0 Å². The molecule has 6 heteroatoms. The molecule has 24 heavy (non-hydrogen) atoms. The van der Waals surface area contributed by atoms with Gasteiger partial charge in [-0.25, -0.2) is 4.39 Å². The summed E-state index contributed by atoms with van der Waals surface area (Å²) >= 11 is 5.99. The molecule has 3 rings (SSSR count). The molecule has 0 unspecified atom stereocenters. The van der Waals surface area contributed by atoms with Gasteiger partial charge in [-0.05, 0) is 41.8 Å². The minimum Gasteiger partial charge on any atom is -0.481 e. The zero-order valence-corrected chi connectivity index (χ0v) is 13.8. The Morgan fingerprint density at radius 2 is 2.08 bits per heavy atom. The van der Waals surface area contributed by atoms with Crippen molar-refractivity contribution < 1.29 is 14.3 Å². The third-order valence-corrected chi connectivity index (χ3v) is 4.23. The molecular formula is C18H16ClFN2O2. The summed E-state index contributed by atoms with van der Waals surface area (Å²) in [6, 6.07) is 10.7. The van der Waals surface area contributed by atoms with Gasteiger partial charge in [0.2, 0.25) is 0 Å². The number of aromatic nitrogens is 2. The standard InChI is InChI=1S/C18H16ClFN2O2/c1-11-6-14(19)4-3-13(11)10-22-17-7-12(9-20)2-5-15(17)16(21-22)8-18(23)24/h2-7H,8-10H2,1H3,(H,23,24). The minimum atomic E-state index is -0.946. The highest BCUT2D eigenvalue weighted by Crippen LogP contribution is 2.24. The summed E-state index contributed by atoms with van der Waals surface area (Å²) in [6.07, 6.45) is -0.169. The number of hydrogen-bond donors (Lipinski definition) is 1. The first-order valence-electron chi connectivity index (χ1n) is 7.49. The van der Waals surface area contributed by atoms with Crippen molar-refractivity contribution in [2.24, 2.45) is 0 Å². The maximum atomic E-state index is 13.0. The predicted molar refractivity (Wildman–Crippen MR) is 91.2 cm³/mol. The second-order valence-electron chi connectivity index (χ2n) is 5.73. The molecule has 0 saturated heterocycles. The molecule has 1 N–H and O–H groups in total. The second-order valence-corrected chi connectivity index (χ2v) is 6.17. The van der Waals surface area contributed by atoms with Crippen LogP contribution in [0, 0.1) is 6.92 Å². The summed E-state index contributed by atoms with van der Waals surface area (Å²) in [5.74, 6) is -0.946. The number of rotatable bonds is 5. The molecule has 0 spiro atoms. The van der Waals surface area contributed by atoms with Crippen molar-refractivity contribution in [2.45, 2.75) is 26.6 Å². The molecule has 1 heterocycles. The summed E-state index contributed by atoms with van der Waals surface area (Å²) in [6.45, 7) is 1.85. The van der Waals surface area contributed by atoms with Crippen LogP contribution < -0.4 is 0 Å². The molecule has 0 radical (unpaired) electrons. The van der Waals surface area contributed by atoms with Gasteiger partial charge in [0.1, 0.15) is 6.67 Å². The monoisotopic (exact) mass is 346 g/mol. The zero-order valence-electron chi connectivity index (χ0n) is 13.1. The van der Waals surface area contributed by atoms with Crippen LogP contribution in [0.25, 0.3) is 10.9 Å². The van der Waals surface area contributed by atoms with E-state index in [2.05, 4.69) is 5.10 Å². The van der Waals surface area contributed by atoms with Gasteiger partial charge in [0.25, 0.3) is 0 Å². The minimum absolute atomic E-state index is 0.169. The lowest BCUT2D eigenvalue weighted by molar-refractivity contribution is -0.136. The van der Waals surface area contributed by atoms with Crippen LogP contribution in [0.2, 0.25) is 5.02 Å². The number of benzene rings is 2. The summed E-state index contributed by atoms with van der Waals surface area (Å²) in [4.78, 5) is 11.1. The Bertz CT molecular complexity index is 921. The lowest BCUT2D eigenvalue weighted by atomic mass is 10.1. The lowest BCUT2D eigenvalue weighted by Gasteiger charge is -2.08. The van der Waals surface area contributed by atoms with Crippen LogP contribution in [0.15, 0.2) is 36.4 Å². The van der Waals surface area contributed by atoms with Gasteiger partial charge in [-0.1, -0.05) is 29.8 Å². The quantitative estimate of drug-likeness (QED) is 0.755. The van der Waals surface area contributed by atoms with Gasteiger partial charge in [0, 0.05) is 10.4 Å². The molecule has 2 aromatic carbocycles. The summed E-state index contributed by atoms with van der Waals surface area (Å²) in [5, 5.41) is 14.9. The number of carboxylic acid groups (broad SMARTS) is 1. The fourth-order valence-corrected chi connectivity index (χ4v) is 2.99. The Balaban J connectivity index is 2.09. The predicted octanol–water partition coefficient (Wildman–Crippen LogP) is 4.14. The van der Waals surface area contributed by atoms with Crippen molar-refractivity contribution in [1.82, 2.24) is 9.78 Å². The summed E-state index contributed by atoms with van der Waals surface area (Å²) in [5.41, 5.74) is 3.80. The van der Waals surface area contributed by atoms with Crippen molar-refractivity contribution in [3.8, 4) is 0 Å². The van der Waals surface area contributed by atoms with E-state index in [1.807, 2.05) is 19.1 Å². The topological polar surface area (TPSA) is 55.1 Å². The van der Waals surface area contributed by atoms with E-state index in [0.29, 0.717) is 22.8 Å². The Hall–Kier alpha value is -2.40. The second kappa shape index (κ2) is 6.61. The number of alkyl halides is 1. The van der Waals surface area contributed by atoms with Gasteiger partial charge < -0.3 is 5.11 Å². The summed E-state index contributed by atoms with van der Waals surface area (Å²) in [7, 11) is 0. The maximum absolute atomic E-state index is 13.0. The number of fused-ring (bicyclic) bond motifs is 1. The highest BCUT2D eigenvalue weighted by Gasteiger charge is 2.15. The van der Waals surface area contributed by atoms with Gasteiger partial charge in [-0.2, -0.15) is 5.10 Å². The van der Waals surface area contributed by atoms with E-state index in [9.17, 15) is 9.18 Å². The van der Waals surface area contributed by atoms with Crippen molar-refractivity contribution in [3.05, 3.63) is 63.8 Å². The van der Waals surface area contributed by atoms with Gasteiger partial charge in [-0.15, -0.1) is 0 Å². The Labute approximate surface area is 143 Å². The first-order valence-corrected chi connectivity index (χ1v) is 7.87. The molecule has 0 aliphatic carbocycles. The molecule has 4 nitrogen and oxygen atoms in total. The van der Waals surface area contributed by atoms with E-state index >= 15 is 0 Å². The van der Waals surface area contributed by atoms with Crippen LogP contribution >= 0.6 is 11.6 Å². The number of carbonyl (C=O) groups is 1. The molecule has 3 aromatic rings. The number of halogens is 2. The Morgan fingerprint density at radius 1 is 1.29 bits per heavy atom. The van der Waals surface area contributed by atoms with E-state index < -0.39 is 12.6 Å². The smallest absolute Gasteiger partial charge is 0.309 e. The fraction of sp³-hybridized carbons (Fsp3) is 0.222. The van der Waals surface area contributed by atoms with Gasteiger partial charge in [0.05, 0.1) is 24.2 Å². The van der Waals surface area contributed by atoms with Crippen LogP contribution in [-0.2, 0) is 24.4 Å². The molecule has 0 saturated carbocycles. The SMILES string of the molecule is Cc1cc(Cl)ccc1Cn1nc(CC(=O)O)c2ccc(CF)cc21. The van der Waals surface area contributed by atoms with E-state index in [1.165, 1.54) is 0 Å². The number of aryl methyl sites for hydroxylation is 1. The van der Waals surface area contributed by atoms with E-state index in [-0.39, 0.29) is 6.42 Å². The van der Waals surface area contributed by atoms with Gasteiger partial charge >= 0.3 is 5.97 Å². The highest BCUT2D eigenvalue weighted by atomic mass is 35.5. The fourth-order valence-electron chi connectivity index (χ4n) is 2.76. The third-order valence-electron chi connectivity index (χ3n) is 3.99. The molecule has 1 aromatic heterocycles. The molecule has 0 fully saturated rings. The molecular weight excluding hydrogens is 331 g/mol. The molecule has 0 atom stereocenters.